The highest BCUT2D eigenvalue weighted by atomic mass is 16.5. The first-order valence-corrected chi connectivity index (χ1v) is 7.23. The zero-order chi connectivity index (χ0) is 15.7. The first-order valence-electron chi connectivity index (χ1n) is 7.23. The van der Waals surface area contributed by atoms with Crippen LogP contribution in [0.4, 0.5) is 5.69 Å². The number of benzene rings is 2. The third kappa shape index (κ3) is 2.44. The van der Waals surface area contributed by atoms with E-state index in [1.807, 2.05) is 37.3 Å². The maximum atomic E-state index is 12.5. The van der Waals surface area contributed by atoms with Gasteiger partial charge in [0, 0.05) is 24.1 Å². The molecular weight excluding hydrogens is 280 g/mol. The number of nitrogens with zero attached hydrogens (tertiary/aromatic N) is 1. The summed E-state index contributed by atoms with van der Waals surface area (Å²) in [6.07, 6.45) is 0. The Bertz CT molecular complexity index is 737. The molecule has 3 rings (SSSR count). The number of nitrogens with one attached hydrogen (secondary N) is 1. The second kappa shape index (κ2) is 5.77. The van der Waals surface area contributed by atoms with E-state index in [0.717, 1.165) is 16.5 Å². The lowest BCUT2D eigenvalue weighted by atomic mass is 10.1. The van der Waals surface area contributed by atoms with Crippen molar-refractivity contribution in [3.63, 3.8) is 0 Å². The van der Waals surface area contributed by atoms with Crippen molar-refractivity contribution in [2.45, 2.75) is 13.0 Å². The summed E-state index contributed by atoms with van der Waals surface area (Å²) in [6.45, 7) is 2.32. The van der Waals surface area contributed by atoms with E-state index in [-0.39, 0.29) is 24.4 Å². The van der Waals surface area contributed by atoms with E-state index >= 15 is 0 Å². The minimum Gasteiger partial charge on any atom is -0.383 e. The van der Waals surface area contributed by atoms with Crippen LogP contribution in [-0.2, 0) is 9.53 Å². The largest absolute Gasteiger partial charge is 0.383 e. The highest BCUT2D eigenvalue weighted by Gasteiger charge is 2.30. The summed E-state index contributed by atoms with van der Waals surface area (Å²) in [7, 11) is 1.59. The van der Waals surface area contributed by atoms with Gasteiger partial charge in [-0.3, -0.25) is 14.5 Å². The van der Waals surface area contributed by atoms with Gasteiger partial charge in [0.2, 0.25) is 5.91 Å². The molecule has 0 aliphatic carbocycles. The molecule has 1 atom stereocenters. The fraction of sp³-hybridized carbons (Fsp3) is 0.294. The van der Waals surface area contributed by atoms with Gasteiger partial charge in [0.25, 0.3) is 5.91 Å². The first-order chi connectivity index (χ1) is 10.6. The predicted molar refractivity (Wildman–Crippen MR) is 85.1 cm³/mol. The molecule has 0 aromatic heterocycles. The lowest BCUT2D eigenvalue weighted by molar-refractivity contribution is -0.120. The van der Waals surface area contributed by atoms with Crippen LogP contribution in [0.25, 0.3) is 10.8 Å². The van der Waals surface area contributed by atoms with E-state index in [9.17, 15) is 9.59 Å². The van der Waals surface area contributed by atoms with Gasteiger partial charge < -0.3 is 10.1 Å². The molecule has 2 amide bonds. The van der Waals surface area contributed by atoms with E-state index < -0.39 is 0 Å². The van der Waals surface area contributed by atoms with Gasteiger partial charge in [-0.2, -0.15) is 0 Å². The van der Waals surface area contributed by atoms with E-state index in [1.54, 1.807) is 13.2 Å². The lowest BCUT2D eigenvalue weighted by Gasteiger charge is -2.19. The van der Waals surface area contributed by atoms with Crippen LogP contribution in [0.1, 0.15) is 17.3 Å². The summed E-state index contributed by atoms with van der Waals surface area (Å²) < 4.78 is 5.00. The Morgan fingerprint density at radius 3 is 2.73 bits per heavy atom. The Hall–Kier alpha value is -2.40. The summed E-state index contributed by atoms with van der Waals surface area (Å²) in [5.74, 6) is -0.316. The molecule has 2 aromatic rings. The van der Waals surface area contributed by atoms with Crippen LogP contribution in [0, 0.1) is 0 Å². The zero-order valence-electron chi connectivity index (χ0n) is 12.6. The van der Waals surface area contributed by atoms with Crippen LogP contribution in [0.15, 0.2) is 36.4 Å². The number of hydrogen-bond donors (Lipinski definition) is 1. The molecule has 1 aliphatic heterocycles. The van der Waals surface area contributed by atoms with E-state index in [2.05, 4.69) is 5.32 Å². The molecule has 2 aromatic carbocycles. The number of methoxy groups -OCH3 is 1. The van der Waals surface area contributed by atoms with Crippen LogP contribution >= 0.6 is 0 Å². The fourth-order valence-corrected chi connectivity index (χ4v) is 2.89. The average Bonchev–Trinajstić information content (AvgIpc) is 2.76. The highest BCUT2D eigenvalue weighted by Crippen LogP contribution is 2.36. The Labute approximate surface area is 128 Å². The molecule has 0 saturated heterocycles. The van der Waals surface area contributed by atoms with Gasteiger partial charge in [0.15, 0.2) is 0 Å². The summed E-state index contributed by atoms with van der Waals surface area (Å²) >= 11 is 0. The molecule has 0 saturated carbocycles. The summed E-state index contributed by atoms with van der Waals surface area (Å²) in [4.78, 5) is 26.2. The monoisotopic (exact) mass is 298 g/mol. The number of carbonyl (C=O) groups is 2. The number of amides is 2. The fourth-order valence-electron chi connectivity index (χ4n) is 2.89. The maximum Gasteiger partial charge on any atom is 0.259 e. The van der Waals surface area contributed by atoms with Crippen LogP contribution in [0.2, 0.25) is 0 Å². The summed E-state index contributed by atoms with van der Waals surface area (Å²) in [5.41, 5.74) is 1.46. The third-order valence-corrected chi connectivity index (χ3v) is 3.77. The van der Waals surface area contributed by atoms with Crippen LogP contribution in [-0.4, -0.2) is 38.1 Å². The Balaban J connectivity index is 1.84. The molecule has 114 valence electrons. The number of carbonyl (C=O) groups excluding carboxylic acids is 2. The molecular formula is C17H18N2O3. The topological polar surface area (TPSA) is 58.6 Å². The second-order valence-corrected chi connectivity index (χ2v) is 5.50. The molecule has 5 nitrogen and oxygen atoms in total. The summed E-state index contributed by atoms with van der Waals surface area (Å²) in [5, 5.41) is 4.77. The van der Waals surface area contributed by atoms with Crippen molar-refractivity contribution in [1.29, 1.82) is 0 Å². The molecule has 1 N–H and O–H groups in total. The predicted octanol–water partition coefficient (Wildman–Crippen LogP) is 1.95. The molecule has 0 fully saturated rings. The van der Waals surface area contributed by atoms with Crippen molar-refractivity contribution in [2.75, 3.05) is 25.2 Å². The molecule has 0 radical (unpaired) electrons. The standard InChI is InChI=1S/C17H18N2O3/c1-11(10-22-2)18-15(20)9-19-14-8-4-6-12-5-3-7-13(16(12)14)17(19)21/h3-8,11H,9-10H2,1-2H3,(H,18,20)/t11-/m1/s1. The molecule has 1 aliphatic rings. The van der Waals surface area contributed by atoms with Gasteiger partial charge in [-0.25, -0.2) is 0 Å². The normalized spacial score (nSPS) is 14.5. The van der Waals surface area contributed by atoms with Gasteiger partial charge in [-0.05, 0) is 24.4 Å². The first kappa shape index (κ1) is 14.5. The minimum atomic E-state index is -0.192. The van der Waals surface area contributed by atoms with Crippen molar-refractivity contribution < 1.29 is 14.3 Å². The van der Waals surface area contributed by atoms with Crippen LogP contribution in [0.5, 0.6) is 0 Å². The lowest BCUT2D eigenvalue weighted by Crippen LogP contribution is -2.43. The van der Waals surface area contributed by atoms with E-state index in [4.69, 9.17) is 4.74 Å². The smallest absolute Gasteiger partial charge is 0.259 e. The van der Waals surface area contributed by atoms with Gasteiger partial charge in [0.1, 0.15) is 6.54 Å². The molecule has 0 spiro atoms. The average molecular weight is 298 g/mol. The Morgan fingerprint density at radius 2 is 2.00 bits per heavy atom. The molecule has 0 bridgehead atoms. The molecule has 5 heteroatoms. The number of hydrogen-bond acceptors (Lipinski definition) is 3. The number of rotatable bonds is 5. The number of anilines is 1. The molecule has 0 unspecified atom stereocenters. The van der Waals surface area contributed by atoms with E-state index in [1.165, 1.54) is 4.90 Å². The highest BCUT2D eigenvalue weighted by molar-refractivity contribution is 6.26. The summed E-state index contributed by atoms with van der Waals surface area (Å²) in [6, 6.07) is 11.3. The molecule has 22 heavy (non-hydrogen) atoms. The minimum absolute atomic E-state index is 0.0146. The molecule has 1 heterocycles. The number of ether oxygens (including phenoxy) is 1. The van der Waals surface area contributed by atoms with Crippen LogP contribution < -0.4 is 10.2 Å². The quantitative estimate of drug-likeness (QED) is 0.918. The van der Waals surface area contributed by atoms with Crippen molar-refractivity contribution in [1.82, 2.24) is 5.32 Å². The van der Waals surface area contributed by atoms with Crippen molar-refractivity contribution in [3.8, 4) is 0 Å². The van der Waals surface area contributed by atoms with Crippen molar-refractivity contribution in [3.05, 3.63) is 42.0 Å². The van der Waals surface area contributed by atoms with Crippen molar-refractivity contribution >= 4 is 28.3 Å². The van der Waals surface area contributed by atoms with Crippen LogP contribution in [0.3, 0.4) is 0 Å². The van der Waals surface area contributed by atoms with Gasteiger partial charge in [0.05, 0.1) is 12.3 Å². The van der Waals surface area contributed by atoms with E-state index in [0.29, 0.717) is 12.2 Å². The van der Waals surface area contributed by atoms with Gasteiger partial charge in [-0.1, -0.05) is 24.3 Å². The zero-order valence-corrected chi connectivity index (χ0v) is 12.6. The SMILES string of the molecule is COC[C@@H](C)NC(=O)CN1C(=O)c2cccc3cccc1c23. The maximum absolute atomic E-state index is 12.5. The van der Waals surface area contributed by atoms with Gasteiger partial charge in [-0.15, -0.1) is 0 Å². The van der Waals surface area contributed by atoms with Gasteiger partial charge >= 0.3 is 0 Å². The Morgan fingerprint density at radius 1 is 1.27 bits per heavy atom. The second-order valence-electron chi connectivity index (χ2n) is 5.50. The van der Waals surface area contributed by atoms with Crippen molar-refractivity contribution in [2.24, 2.45) is 0 Å². The third-order valence-electron chi connectivity index (χ3n) is 3.77. The Kier molecular flexibility index (Phi) is 3.81.